The summed E-state index contributed by atoms with van der Waals surface area (Å²) in [6, 6.07) is 0.538. The number of pyridine rings is 1. The van der Waals surface area contributed by atoms with Crippen LogP contribution in [0.25, 0.3) is 0 Å². The fourth-order valence-corrected chi connectivity index (χ4v) is 1.18. The first kappa shape index (κ1) is 13.5. The van der Waals surface area contributed by atoms with E-state index in [9.17, 15) is 22.0 Å². The first-order valence-electron chi connectivity index (χ1n) is 4.34. The van der Waals surface area contributed by atoms with E-state index in [0.29, 0.717) is 6.07 Å². The molecule has 1 heterocycles. The summed E-state index contributed by atoms with van der Waals surface area (Å²) in [6.07, 6.45) is -7.94. The maximum Gasteiger partial charge on any atom is 0.574 e. The monoisotopic (exact) mass is 257 g/mol. The molecule has 1 rings (SSSR count). The molecule has 0 saturated heterocycles. The van der Waals surface area contributed by atoms with Crippen molar-refractivity contribution in [3.8, 4) is 11.8 Å². The Labute approximate surface area is 93.2 Å². The summed E-state index contributed by atoms with van der Waals surface area (Å²) < 4.78 is 68.9. The molecule has 17 heavy (non-hydrogen) atoms. The second-order valence-corrected chi connectivity index (χ2v) is 3.03. The fraction of sp³-hybridized carbons (Fsp3) is 0.444. The molecular weight excluding hydrogens is 249 g/mol. The van der Waals surface area contributed by atoms with Crippen molar-refractivity contribution in [2.75, 3.05) is 7.11 Å². The summed E-state index contributed by atoms with van der Waals surface area (Å²) in [5.74, 6) is -1.31. The Hall–Kier alpha value is -1.60. The molecule has 0 spiro atoms. The molecule has 0 saturated carbocycles. The molecule has 0 aliphatic carbocycles. The number of aromatic nitrogens is 1. The fourth-order valence-electron chi connectivity index (χ4n) is 1.18. The van der Waals surface area contributed by atoms with E-state index in [0.717, 1.165) is 7.11 Å². The largest absolute Gasteiger partial charge is 0.574 e. The van der Waals surface area contributed by atoms with Crippen LogP contribution < -0.4 is 9.47 Å². The number of methoxy groups -OCH3 is 1. The predicted octanol–water partition coefficient (Wildman–Crippen LogP) is 3.23. The summed E-state index contributed by atoms with van der Waals surface area (Å²) in [4.78, 5) is 3.32. The predicted molar refractivity (Wildman–Crippen MR) is 47.2 cm³/mol. The maximum atomic E-state index is 12.5. The highest BCUT2D eigenvalue weighted by Gasteiger charge is 2.33. The lowest BCUT2D eigenvalue weighted by Gasteiger charge is -2.13. The second-order valence-electron chi connectivity index (χ2n) is 3.03. The van der Waals surface area contributed by atoms with E-state index in [-0.39, 0.29) is 11.4 Å². The van der Waals surface area contributed by atoms with Crippen molar-refractivity contribution in [2.45, 2.75) is 19.7 Å². The van der Waals surface area contributed by atoms with Gasteiger partial charge in [0.1, 0.15) is 0 Å². The molecule has 0 aliphatic rings. The van der Waals surface area contributed by atoms with Gasteiger partial charge in [0.15, 0.2) is 0 Å². The molecule has 8 heteroatoms. The van der Waals surface area contributed by atoms with Crippen molar-refractivity contribution in [1.82, 2.24) is 4.98 Å². The number of alkyl halides is 5. The van der Waals surface area contributed by atoms with E-state index in [4.69, 9.17) is 0 Å². The second kappa shape index (κ2) is 4.72. The van der Waals surface area contributed by atoms with Crippen molar-refractivity contribution in [2.24, 2.45) is 0 Å². The van der Waals surface area contributed by atoms with Gasteiger partial charge in [-0.3, -0.25) is 0 Å². The Balaban J connectivity index is 3.21. The SMILES string of the molecule is COc1nc(OC(F)(F)F)cc(C(F)F)c1C. The van der Waals surface area contributed by atoms with Crippen LogP contribution >= 0.6 is 0 Å². The van der Waals surface area contributed by atoms with Gasteiger partial charge in [0.2, 0.25) is 11.8 Å². The zero-order valence-electron chi connectivity index (χ0n) is 8.81. The first-order chi connectivity index (χ1) is 7.74. The molecule has 0 aromatic carbocycles. The summed E-state index contributed by atoms with van der Waals surface area (Å²) in [7, 11) is 1.11. The highest BCUT2D eigenvalue weighted by molar-refractivity contribution is 5.38. The van der Waals surface area contributed by atoms with Gasteiger partial charge in [0, 0.05) is 17.2 Å². The molecule has 0 radical (unpaired) electrons. The Morgan fingerprint density at radius 3 is 2.29 bits per heavy atom. The molecule has 96 valence electrons. The van der Waals surface area contributed by atoms with Crippen LogP contribution in [0.2, 0.25) is 0 Å². The molecule has 0 fully saturated rings. The highest BCUT2D eigenvalue weighted by atomic mass is 19.4. The molecule has 3 nitrogen and oxygen atoms in total. The van der Waals surface area contributed by atoms with E-state index < -0.39 is 24.2 Å². The molecule has 1 aromatic heterocycles. The van der Waals surface area contributed by atoms with Gasteiger partial charge >= 0.3 is 6.36 Å². The van der Waals surface area contributed by atoms with Gasteiger partial charge in [-0.1, -0.05) is 0 Å². The maximum absolute atomic E-state index is 12.5. The quantitative estimate of drug-likeness (QED) is 0.779. The Morgan fingerprint density at radius 1 is 1.29 bits per heavy atom. The van der Waals surface area contributed by atoms with Gasteiger partial charge in [-0.25, -0.2) is 8.78 Å². The van der Waals surface area contributed by atoms with Gasteiger partial charge in [-0.15, -0.1) is 13.2 Å². The number of rotatable bonds is 3. The average Bonchev–Trinajstić information content (AvgIpc) is 2.17. The van der Waals surface area contributed by atoms with Crippen LogP contribution in [0, 0.1) is 6.92 Å². The summed E-state index contributed by atoms with van der Waals surface area (Å²) in [5, 5.41) is 0. The van der Waals surface area contributed by atoms with Crippen molar-refractivity contribution >= 4 is 0 Å². The topological polar surface area (TPSA) is 31.4 Å². The molecule has 0 atom stereocenters. The zero-order valence-corrected chi connectivity index (χ0v) is 8.81. The first-order valence-corrected chi connectivity index (χ1v) is 4.34. The molecule has 0 amide bonds. The summed E-state index contributed by atoms with van der Waals surface area (Å²) >= 11 is 0. The van der Waals surface area contributed by atoms with Crippen LogP contribution in [0.15, 0.2) is 6.07 Å². The van der Waals surface area contributed by atoms with Crippen molar-refractivity contribution in [3.63, 3.8) is 0 Å². The van der Waals surface area contributed by atoms with Crippen molar-refractivity contribution in [1.29, 1.82) is 0 Å². The van der Waals surface area contributed by atoms with Crippen LogP contribution in [-0.4, -0.2) is 18.5 Å². The van der Waals surface area contributed by atoms with Crippen LogP contribution in [-0.2, 0) is 0 Å². The molecule has 0 unspecified atom stereocenters. The molecule has 1 aromatic rings. The normalized spacial score (nSPS) is 11.8. The third-order valence-electron chi connectivity index (χ3n) is 1.89. The molecular formula is C9H8F5NO2. The smallest absolute Gasteiger partial charge is 0.481 e. The minimum absolute atomic E-state index is 0.0305. The van der Waals surface area contributed by atoms with Crippen LogP contribution in [0.3, 0.4) is 0 Å². The Morgan fingerprint density at radius 2 is 1.88 bits per heavy atom. The van der Waals surface area contributed by atoms with Crippen LogP contribution in [0.1, 0.15) is 17.6 Å². The molecule has 0 bridgehead atoms. The van der Waals surface area contributed by atoms with E-state index in [2.05, 4.69) is 14.5 Å². The van der Waals surface area contributed by atoms with E-state index in [1.807, 2.05) is 0 Å². The minimum Gasteiger partial charge on any atom is -0.481 e. The minimum atomic E-state index is -4.99. The van der Waals surface area contributed by atoms with Gasteiger partial charge in [0.05, 0.1) is 7.11 Å². The molecule has 0 N–H and O–H groups in total. The van der Waals surface area contributed by atoms with Crippen LogP contribution in [0.5, 0.6) is 11.8 Å². The number of ether oxygens (including phenoxy) is 2. The van der Waals surface area contributed by atoms with Crippen molar-refractivity contribution < 1.29 is 31.4 Å². The highest BCUT2D eigenvalue weighted by Crippen LogP contribution is 2.32. The van der Waals surface area contributed by atoms with Crippen molar-refractivity contribution in [3.05, 3.63) is 17.2 Å². The standard InChI is InChI=1S/C9H8F5NO2/c1-4-5(7(10)11)3-6(15-8(4)16-2)17-9(12,13)14/h3,7H,1-2H3. The third kappa shape index (κ3) is 3.43. The zero-order chi connectivity index (χ0) is 13.2. The summed E-state index contributed by atoms with van der Waals surface area (Å²) in [6.45, 7) is 1.27. The van der Waals surface area contributed by atoms with E-state index >= 15 is 0 Å². The number of hydrogen-bond acceptors (Lipinski definition) is 3. The van der Waals surface area contributed by atoms with Gasteiger partial charge in [0.25, 0.3) is 6.43 Å². The van der Waals surface area contributed by atoms with Crippen LogP contribution in [0.4, 0.5) is 22.0 Å². The average molecular weight is 257 g/mol. The number of halogens is 5. The third-order valence-corrected chi connectivity index (χ3v) is 1.89. The van der Waals surface area contributed by atoms with Gasteiger partial charge in [-0.2, -0.15) is 4.98 Å². The lowest BCUT2D eigenvalue weighted by atomic mass is 10.1. The van der Waals surface area contributed by atoms with Gasteiger partial charge in [-0.05, 0) is 6.92 Å². The number of nitrogens with zero attached hydrogens (tertiary/aromatic N) is 1. The Kier molecular flexibility index (Phi) is 3.74. The van der Waals surface area contributed by atoms with Gasteiger partial charge < -0.3 is 9.47 Å². The molecule has 0 aliphatic heterocycles. The summed E-state index contributed by atoms with van der Waals surface area (Å²) in [5.41, 5.74) is -0.645. The lowest BCUT2D eigenvalue weighted by Crippen LogP contribution is -2.18. The van der Waals surface area contributed by atoms with E-state index in [1.54, 1.807) is 0 Å². The lowest BCUT2D eigenvalue weighted by molar-refractivity contribution is -0.276. The van der Waals surface area contributed by atoms with E-state index in [1.165, 1.54) is 6.92 Å². The number of hydrogen-bond donors (Lipinski definition) is 0. The Bertz CT molecular complexity index is 405.